The van der Waals surface area contributed by atoms with Crippen molar-refractivity contribution in [2.24, 2.45) is 11.3 Å². The Morgan fingerprint density at radius 1 is 1.15 bits per heavy atom. The van der Waals surface area contributed by atoms with E-state index in [0.717, 1.165) is 31.5 Å². The fourth-order valence-corrected chi connectivity index (χ4v) is 4.40. The lowest BCUT2D eigenvalue weighted by Crippen LogP contribution is -2.38. The molecule has 12 heteroatoms. The van der Waals surface area contributed by atoms with Crippen molar-refractivity contribution >= 4 is 35.1 Å². The minimum Gasteiger partial charge on any atom is -0.481 e. The van der Waals surface area contributed by atoms with Crippen LogP contribution in [0.3, 0.4) is 0 Å². The van der Waals surface area contributed by atoms with Gasteiger partial charge in [0.15, 0.2) is 11.6 Å². The summed E-state index contributed by atoms with van der Waals surface area (Å²) < 4.78 is 31.6. The second kappa shape index (κ2) is 8.36. The first-order valence-electron chi connectivity index (χ1n) is 10.6. The van der Waals surface area contributed by atoms with E-state index in [4.69, 9.17) is 4.42 Å². The average molecular weight is 470 g/mol. The molecular weight excluding hydrogens is 450 g/mol. The van der Waals surface area contributed by atoms with E-state index >= 15 is 0 Å². The van der Waals surface area contributed by atoms with Gasteiger partial charge in [0, 0.05) is 30.3 Å². The summed E-state index contributed by atoms with van der Waals surface area (Å²) in [6.45, 7) is 1.45. The van der Waals surface area contributed by atoms with Crippen molar-refractivity contribution in [1.29, 1.82) is 0 Å². The number of anilines is 4. The molecule has 176 valence electrons. The molecule has 2 atom stereocenters. The number of aromatic nitrogens is 3. The number of piperidine rings is 1. The highest BCUT2D eigenvalue weighted by atomic mass is 19.2. The lowest BCUT2D eigenvalue weighted by Gasteiger charge is -2.34. The molecule has 34 heavy (non-hydrogen) atoms. The van der Waals surface area contributed by atoms with E-state index < -0.39 is 23.5 Å². The fourth-order valence-electron chi connectivity index (χ4n) is 4.40. The van der Waals surface area contributed by atoms with Crippen LogP contribution in [0.2, 0.25) is 0 Å². The van der Waals surface area contributed by atoms with Crippen LogP contribution in [0.5, 0.6) is 0 Å². The quantitative estimate of drug-likeness (QED) is 0.495. The van der Waals surface area contributed by atoms with Crippen molar-refractivity contribution < 1.29 is 27.9 Å². The number of carboxylic acids is 1. The Balaban J connectivity index is 1.19. The maximum atomic E-state index is 13.3. The van der Waals surface area contributed by atoms with Crippen LogP contribution in [0.1, 0.15) is 29.9 Å². The third-order valence-electron chi connectivity index (χ3n) is 6.22. The number of nitrogens with zero attached hydrogens (tertiary/aromatic N) is 4. The number of halogens is 2. The summed E-state index contributed by atoms with van der Waals surface area (Å²) in [4.78, 5) is 30.2. The van der Waals surface area contributed by atoms with Gasteiger partial charge in [-0.25, -0.2) is 13.8 Å². The topological polar surface area (TPSA) is 133 Å². The first kappa shape index (κ1) is 21.7. The molecular formula is C22H20F2N6O4. The predicted molar refractivity (Wildman–Crippen MR) is 116 cm³/mol. The molecule has 1 aliphatic carbocycles. The summed E-state index contributed by atoms with van der Waals surface area (Å²) in [7, 11) is 0. The van der Waals surface area contributed by atoms with E-state index in [1.165, 1.54) is 12.3 Å². The Kier molecular flexibility index (Phi) is 5.34. The monoisotopic (exact) mass is 470 g/mol. The number of nitrogens with one attached hydrogen (secondary N) is 2. The van der Waals surface area contributed by atoms with Gasteiger partial charge in [-0.1, -0.05) is 5.10 Å². The fraction of sp³-hybridized carbons (Fsp3) is 0.318. The van der Waals surface area contributed by atoms with E-state index in [9.17, 15) is 23.5 Å². The van der Waals surface area contributed by atoms with Crippen molar-refractivity contribution in [3.63, 3.8) is 0 Å². The molecule has 10 nitrogen and oxygen atoms in total. The van der Waals surface area contributed by atoms with Gasteiger partial charge in [0.25, 0.3) is 0 Å². The summed E-state index contributed by atoms with van der Waals surface area (Å²) in [6.07, 6.45) is 4.00. The molecule has 3 heterocycles. The van der Waals surface area contributed by atoms with Gasteiger partial charge >= 0.3 is 23.8 Å². The molecule has 1 saturated heterocycles. The third-order valence-corrected chi connectivity index (χ3v) is 6.22. The van der Waals surface area contributed by atoms with E-state index in [-0.39, 0.29) is 28.9 Å². The zero-order valence-corrected chi connectivity index (χ0v) is 17.8. The van der Waals surface area contributed by atoms with Gasteiger partial charge in [-0.2, -0.15) is 0 Å². The first-order chi connectivity index (χ1) is 16.3. The minimum atomic E-state index is -1.04. The summed E-state index contributed by atoms with van der Waals surface area (Å²) in [6, 6.07) is 6.42. The van der Waals surface area contributed by atoms with Gasteiger partial charge in [0.2, 0.25) is 0 Å². The summed E-state index contributed by atoms with van der Waals surface area (Å²) in [5, 5.41) is 21.8. The number of benzene rings is 1. The zero-order chi connectivity index (χ0) is 23.9. The number of hydrogen-bond acceptors (Lipinski definition) is 8. The van der Waals surface area contributed by atoms with Crippen molar-refractivity contribution in [1.82, 2.24) is 15.2 Å². The number of pyridine rings is 1. The Bertz CT molecular complexity index is 1250. The average Bonchev–Trinajstić information content (AvgIpc) is 3.30. The van der Waals surface area contributed by atoms with Crippen LogP contribution in [0.4, 0.5) is 32.0 Å². The number of carbonyl (C=O) groups is 2. The molecule has 2 fully saturated rings. The Labute approximate surface area is 192 Å². The molecule has 1 saturated carbocycles. The highest BCUT2D eigenvalue weighted by Crippen LogP contribution is 2.58. The molecule has 2 aromatic heterocycles. The molecule has 1 spiro atoms. The van der Waals surface area contributed by atoms with E-state index in [0.29, 0.717) is 24.5 Å². The molecule has 3 N–H and O–H groups in total. The normalized spacial score (nSPS) is 21.4. The highest BCUT2D eigenvalue weighted by Gasteiger charge is 2.59. The summed E-state index contributed by atoms with van der Waals surface area (Å²) >= 11 is 0. The largest absolute Gasteiger partial charge is 0.481 e. The van der Waals surface area contributed by atoms with Crippen molar-refractivity contribution in [2.45, 2.75) is 19.3 Å². The number of carboxylic acid groups (broad SMARTS) is 1. The van der Waals surface area contributed by atoms with Crippen LogP contribution in [0, 0.1) is 23.0 Å². The zero-order valence-electron chi connectivity index (χ0n) is 17.8. The van der Waals surface area contributed by atoms with Crippen LogP contribution in [-0.4, -0.2) is 45.3 Å². The second-order valence-corrected chi connectivity index (χ2v) is 8.51. The number of amides is 1. The molecule has 2 aliphatic rings. The van der Waals surface area contributed by atoms with E-state index in [1.54, 1.807) is 12.1 Å². The molecule has 3 aromatic rings. The molecule has 0 bridgehead atoms. The number of hydrogen-bond donors (Lipinski definition) is 3. The SMILES string of the molecule is O=C(Nc1ccc(N2CCCC3(CC3C(=O)O)C2)nc1)c1nnc(Nc2ccc(F)c(F)c2)o1. The molecule has 2 unspecified atom stereocenters. The van der Waals surface area contributed by atoms with Gasteiger partial charge < -0.3 is 25.1 Å². The van der Waals surface area contributed by atoms with Crippen LogP contribution in [0.15, 0.2) is 40.9 Å². The standard InChI is InChI=1S/C22H20F2N6O4/c23-15-4-2-12(8-16(15)24)27-21-29-28-19(34-21)18(31)26-13-3-5-17(25-10-13)30-7-1-6-22(11-30)9-14(22)20(32)33/h2-5,8,10,14H,1,6-7,9,11H2,(H,26,31)(H,27,29)(H,32,33). The molecule has 0 radical (unpaired) electrons. The molecule has 5 rings (SSSR count). The van der Waals surface area contributed by atoms with Gasteiger partial charge in [-0.05, 0) is 43.5 Å². The van der Waals surface area contributed by atoms with Gasteiger partial charge in [-0.3, -0.25) is 9.59 Å². The minimum absolute atomic E-state index is 0.164. The van der Waals surface area contributed by atoms with Crippen LogP contribution in [0.25, 0.3) is 0 Å². The molecule has 1 amide bonds. The molecule has 1 aliphatic heterocycles. The highest BCUT2D eigenvalue weighted by molar-refractivity contribution is 6.00. The van der Waals surface area contributed by atoms with Crippen molar-refractivity contribution in [3.8, 4) is 0 Å². The van der Waals surface area contributed by atoms with Crippen molar-refractivity contribution in [3.05, 3.63) is 54.1 Å². The number of carbonyl (C=O) groups excluding carboxylic acids is 1. The molecule has 1 aromatic carbocycles. The maximum Gasteiger partial charge on any atom is 0.320 e. The summed E-state index contributed by atoms with van der Waals surface area (Å²) in [5.41, 5.74) is 0.417. The van der Waals surface area contributed by atoms with Gasteiger partial charge in [-0.15, -0.1) is 5.10 Å². The number of rotatable bonds is 6. The number of aliphatic carboxylic acids is 1. The summed E-state index contributed by atoms with van der Waals surface area (Å²) in [5.74, 6) is -3.35. The van der Waals surface area contributed by atoms with Crippen LogP contribution >= 0.6 is 0 Å². The van der Waals surface area contributed by atoms with E-state index in [1.807, 2.05) is 0 Å². The van der Waals surface area contributed by atoms with Crippen LogP contribution in [-0.2, 0) is 4.79 Å². The van der Waals surface area contributed by atoms with Crippen LogP contribution < -0.4 is 15.5 Å². The Morgan fingerprint density at radius 3 is 2.68 bits per heavy atom. The Hall–Kier alpha value is -4.09. The smallest absolute Gasteiger partial charge is 0.320 e. The second-order valence-electron chi connectivity index (χ2n) is 8.51. The first-order valence-corrected chi connectivity index (χ1v) is 10.6. The van der Waals surface area contributed by atoms with Gasteiger partial charge in [0.05, 0.1) is 17.8 Å². The van der Waals surface area contributed by atoms with Crippen molar-refractivity contribution in [2.75, 3.05) is 28.6 Å². The maximum absolute atomic E-state index is 13.3. The van der Waals surface area contributed by atoms with Gasteiger partial charge in [0.1, 0.15) is 5.82 Å². The lowest BCUT2D eigenvalue weighted by molar-refractivity contribution is -0.139. The lowest BCUT2D eigenvalue weighted by atomic mass is 9.92. The third kappa shape index (κ3) is 4.26. The predicted octanol–water partition coefficient (Wildman–Crippen LogP) is 3.43. The van der Waals surface area contributed by atoms with E-state index in [2.05, 4.69) is 30.7 Å². The Morgan fingerprint density at radius 2 is 1.97 bits per heavy atom.